The molecule has 0 aromatic carbocycles. The van der Waals surface area contributed by atoms with Crippen molar-refractivity contribution in [2.75, 3.05) is 13.2 Å². The maximum absolute atomic E-state index is 13.2. The molecule has 9 atom stereocenters. The Morgan fingerprint density at radius 1 is 0.438 bits per heavy atom. The number of amides is 1. The van der Waals surface area contributed by atoms with Crippen molar-refractivity contribution in [3.05, 3.63) is 24.3 Å². The van der Waals surface area contributed by atoms with Crippen LogP contribution < -0.4 is 5.32 Å². The van der Waals surface area contributed by atoms with Gasteiger partial charge in [0.15, 0.2) is 6.29 Å². The Kier molecular flexibility index (Phi) is 55.5. The second-order valence-electron chi connectivity index (χ2n) is 24.6. The van der Waals surface area contributed by atoms with Gasteiger partial charge in [-0.25, -0.2) is 0 Å². The molecule has 1 aliphatic rings. The van der Waals surface area contributed by atoms with Crippen molar-refractivity contribution >= 4 is 5.91 Å². The summed E-state index contributed by atoms with van der Waals surface area (Å²) in [6, 6.07) is -1.17. The molecule has 0 aliphatic carbocycles. The number of hydrogen-bond acceptors (Lipinski definition) is 10. The van der Waals surface area contributed by atoms with Gasteiger partial charge in [0.1, 0.15) is 36.6 Å². The molecule has 8 N–H and O–H groups in total. The van der Waals surface area contributed by atoms with Crippen LogP contribution in [0, 0.1) is 0 Å². The summed E-state index contributed by atoms with van der Waals surface area (Å²) in [6.07, 6.45) is 61.0. The zero-order valence-electron chi connectivity index (χ0n) is 52.3. The van der Waals surface area contributed by atoms with Gasteiger partial charge in [0.2, 0.25) is 5.91 Å². The number of nitrogens with one attached hydrogen (secondary N) is 1. The zero-order chi connectivity index (χ0) is 58.2. The second-order valence-corrected chi connectivity index (χ2v) is 24.6. The van der Waals surface area contributed by atoms with Crippen molar-refractivity contribution in [1.82, 2.24) is 5.32 Å². The van der Waals surface area contributed by atoms with Gasteiger partial charge in [-0.05, 0) is 44.9 Å². The molecule has 0 radical (unpaired) electrons. The Labute approximate surface area is 493 Å². The van der Waals surface area contributed by atoms with Crippen molar-refractivity contribution in [3.8, 4) is 0 Å². The van der Waals surface area contributed by atoms with E-state index in [2.05, 4.69) is 43.5 Å². The minimum Gasteiger partial charge on any atom is -0.394 e. The lowest BCUT2D eigenvalue weighted by molar-refractivity contribution is -0.303. The summed E-state index contributed by atoms with van der Waals surface area (Å²) < 4.78 is 11.2. The van der Waals surface area contributed by atoms with Gasteiger partial charge < -0.3 is 50.5 Å². The lowest BCUT2D eigenvalue weighted by Crippen LogP contribution is -2.60. The molecule has 80 heavy (non-hydrogen) atoms. The van der Waals surface area contributed by atoms with E-state index in [9.17, 15) is 40.5 Å². The number of aliphatic hydroxyl groups excluding tert-OH is 7. The fraction of sp³-hybridized carbons (Fsp3) is 0.928. The van der Waals surface area contributed by atoms with Crippen LogP contribution in [0.2, 0.25) is 0 Å². The Bertz CT molecular complexity index is 1350. The van der Waals surface area contributed by atoms with Crippen molar-refractivity contribution in [2.45, 2.75) is 396 Å². The lowest BCUT2D eigenvalue weighted by atomic mass is 9.98. The number of carbonyl (C=O) groups excluding carboxylic acids is 1. The number of ether oxygens (including phenoxy) is 2. The molecule has 1 amide bonds. The normalized spacial score (nSPS) is 19.3. The SMILES string of the molecule is CCCCCCCCCCC/C=C\C/C=C\CCCCCCCCCCCCCCC(O)C(=O)NC(COC1OC(CO)C(O)C(O)C1O)C(O)C(O)CCCCCCCCCCCCCCCCCCCCCCCCCCC. The van der Waals surface area contributed by atoms with Crippen LogP contribution >= 0.6 is 0 Å². The van der Waals surface area contributed by atoms with E-state index in [4.69, 9.17) is 9.47 Å². The van der Waals surface area contributed by atoms with Crippen LogP contribution in [0.1, 0.15) is 341 Å². The van der Waals surface area contributed by atoms with Crippen molar-refractivity contribution in [2.24, 2.45) is 0 Å². The average molecular weight is 1140 g/mol. The van der Waals surface area contributed by atoms with Gasteiger partial charge >= 0.3 is 0 Å². The maximum atomic E-state index is 13.2. The molecule has 1 rings (SSSR count). The van der Waals surface area contributed by atoms with Gasteiger partial charge in [-0.15, -0.1) is 0 Å². The van der Waals surface area contributed by atoms with Gasteiger partial charge in [0, 0.05) is 0 Å². The molecule has 9 unspecified atom stereocenters. The molecule has 474 valence electrons. The number of allylic oxidation sites excluding steroid dienone is 4. The lowest BCUT2D eigenvalue weighted by Gasteiger charge is -2.40. The minimum absolute atomic E-state index is 0.261. The molecule has 0 saturated carbocycles. The predicted molar refractivity (Wildman–Crippen MR) is 335 cm³/mol. The van der Waals surface area contributed by atoms with Crippen LogP contribution in [0.25, 0.3) is 0 Å². The molecule has 1 heterocycles. The highest BCUT2D eigenvalue weighted by atomic mass is 16.7. The van der Waals surface area contributed by atoms with Gasteiger partial charge in [-0.1, -0.05) is 321 Å². The highest BCUT2D eigenvalue weighted by Gasteiger charge is 2.44. The standard InChI is InChI=1S/C69H133NO10/c1-3-5-7-9-11-13-15-17-19-21-23-25-27-29-30-31-33-35-37-39-41-43-45-47-49-51-53-55-57-62(73)68(78)70-60(59-79-69-67(77)66(76)65(75)63(58-71)80-69)64(74)61(72)56-54-52-50-48-46-44-42-40-38-36-34-32-28-26-24-22-20-18-16-14-12-10-8-6-4-2/h23,25,29-30,60-67,69,71-77H,3-22,24,26-28,31-59H2,1-2H3,(H,70,78)/b25-23-,30-29-. The molecule has 0 aromatic heterocycles. The fourth-order valence-electron chi connectivity index (χ4n) is 11.4. The average Bonchev–Trinajstić information content (AvgIpc) is 3.47. The van der Waals surface area contributed by atoms with Crippen LogP contribution in [0.4, 0.5) is 0 Å². The summed E-state index contributed by atoms with van der Waals surface area (Å²) in [5.74, 6) is -0.692. The molecule has 11 nitrogen and oxygen atoms in total. The molecular weight excluding hydrogens is 1000 g/mol. The smallest absolute Gasteiger partial charge is 0.249 e. The number of carbonyl (C=O) groups is 1. The number of unbranched alkanes of at least 4 members (excludes halogenated alkanes) is 45. The fourth-order valence-corrected chi connectivity index (χ4v) is 11.4. The van der Waals surface area contributed by atoms with Gasteiger partial charge in [-0.3, -0.25) is 4.79 Å². The predicted octanol–water partition coefficient (Wildman–Crippen LogP) is 16.4. The summed E-state index contributed by atoms with van der Waals surface area (Å²) in [5, 5.41) is 76.5. The Balaban J connectivity index is 2.21. The third-order valence-electron chi connectivity index (χ3n) is 17.0. The van der Waals surface area contributed by atoms with Crippen molar-refractivity contribution in [3.63, 3.8) is 0 Å². The summed E-state index contributed by atoms with van der Waals surface area (Å²) in [5.41, 5.74) is 0. The first-order valence-corrected chi connectivity index (χ1v) is 34.7. The molecule has 11 heteroatoms. The van der Waals surface area contributed by atoms with Crippen LogP contribution in [-0.4, -0.2) is 110 Å². The van der Waals surface area contributed by atoms with Crippen LogP contribution in [0.5, 0.6) is 0 Å². The number of hydrogen-bond donors (Lipinski definition) is 8. The first-order valence-electron chi connectivity index (χ1n) is 34.7. The molecular formula is C69H133NO10. The second kappa shape index (κ2) is 58.0. The molecule has 0 aromatic rings. The van der Waals surface area contributed by atoms with Crippen LogP contribution in [-0.2, 0) is 14.3 Å². The van der Waals surface area contributed by atoms with Crippen molar-refractivity contribution in [1.29, 1.82) is 0 Å². The number of aliphatic hydroxyl groups is 7. The third kappa shape index (κ3) is 45.0. The van der Waals surface area contributed by atoms with Gasteiger partial charge in [0.05, 0.1) is 25.4 Å². The van der Waals surface area contributed by atoms with E-state index in [-0.39, 0.29) is 6.42 Å². The number of rotatable bonds is 61. The van der Waals surface area contributed by atoms with Crippen LogP contribution in [0.15, 0.2) is 24.3 Å². The first-order chi connectivity index (χ1) is 39.2. The molecule has 1 fully saturated rings. The van der Waals surface area contributed by atoms with Gasteiger partial charge in [0.25, 0.3) is 0 Å². The topological polar surface area (TPSA) is 189 Å². The summed E-state index contributed by atoms with van der Waals surface area (Å²) in [4.78, 5) is 13.2. The quantitative estimate of drug-likeness (QED) is 0.0215. The largest absolute Gasteiger partial charge is 0.394 e. The molecule has 1 saturated heterocycles. The summed E-state index contributed by atoms with van der Waals surface area (Å²) in [7, 11) is 0. The van der Waals surface area contributed by atoms with Crippen molar-refractivity contribution < 1.29 is 50.0 Å². The van der Waals surface area contributed by atoms with E-state index in [1.54, 1.807) is 0 Å². The van der Waals surface area contributed by atoms with E-state index < -0.39 is 74.2 Å². The molecule has 0 bridgehead atoms. The van der Waals surface area contributed by atoms with E-state index in [0.717, 1.165) is 44.9 Å². The Morgan fingerprint density at radius 2 is 0.762 bits per heavy atom. The summed E-state index contributed by atoms with van der Waals surface area (Å²) >= 11 is 0. The highest BCUT2D eigenvalue weighted by Crippen LogP contribution is 2.24. The Hall–Kier alpha value is -1.41. The molecule has 1 aliphatic heterocycles. The first kappa shape index (κ1) is 76.6. The molecule has 0 spiro atoms. The van der Waals surface area contributed by atoms with E-state index in [1.807, 2.05) is 0 Å². The minimum atomic E-state index is -1.66. The third-order valence-corrected chi connectivity index (χ3v) is 17.0. The zero-order valence-corrected chi connectivity index (χ0v) is 52.3. The van der Waals surface area contributed by atoms with Gasteiger partial charge in [-0.2, -0.15) is 0 Å². The monoisotopic (exact) mass is 1140 g/mol. The maximum Gasteiger partial charge on any atom is 0.249 e. The van der Waals surface area contributed by atoms with E-state index in [1.165, 1.54) is 257 Å². The van der Waals surface area contributed by atoms with Crippen LogP contribution in [0.3, 0.4) is 0 Å². The highest BCUT2D eigenvalue weighted by molar-refractivity contribution is 5.80. The Morgan fingerprint density at radius 3 is 1.11 bits per heavy atom. The van der Waals surface area contributed by atoms with E-state index in [0.29, 0.717) is 19.3 Å². The van der Waals surface area contributed by atoms with E-state index >= 15 is 0 Å². The summed E-state index contributed by atoms with van der Waals surface area (Å²) in [6.45, 7) is 3.51.